The van der Waals surface area contributed by atoms with Crippen molar-refractivity contribution in [2.24, 2.45) is 29.6 Å². The standard InChI is InChI=1S/C44H70ClNO11/c1-10-29-18-25(3)19-37(54-8)40-38(55-9)21-27(5)44(52,57-40)41(49)42(50)46-17-13-12-14-33(46)43(51)56-39(28(6)34(47)24-35(48)31(11-2)22-29)26(4)20-30-15-16-32(45)36(23-30)53-7/h20,22,25,27-28,30-34,36-40,47,52H,10-19,21,23-24H2,1-9H3/b26-20+,29-22+/t25-,27+,28+,30-,31+,32-,33-,34-,36+,37-,38-,39+,40+,44+/m0/s1. The van der Waals surface area contributed by atoms with Gasteiger partial charge in [0.15, 0.2) is 0 Å². The number of nitrogens with zero attached hydrogens (tertiary/aromatic N) is 1. The average molecular weight is 824 g/mol. The largest absolute Gasteiger partial charge is 0.456 e. The number of hydrogen-bond donors (Lipinski definition) is 2. The summed E-state index contributed by atoms with van der Waals surface area (Å²) in [6.07, 6.45) is 5.98. The number of ether oxygens (including phenoxy) is 5. The minimum atomic E-state index is -2.49. The molecular formula is C44H70ClNO11. The molecule has 2 bridgehead atoms. The SMILES string of the molecule is CC/C1=C\[C@@H](CC)C(=O)C[C@H](O)[C@@H](C)[C@@H](/C(C)=C/[C@@H]2CC[C@H](Cl)[C@H](OC)C2)OC(=O)[C@@H]2CCCCN2C(=O)C(=O)[C@]2(O)O[C@H]([C@@H](OC)C[C@@H](C)C1)[C@@H](OC)C[C@H]2C. The van der Waals surface area contributed by atoms with Crippen molar-refractivity contribution in [3.8, 4) is 0 Å². The number of amides is 1. The number of aliphatic hydroxyl groups excluding tert-OH is 1. The quantitative estimate of drug-likeness (QED) is 0.132. The molecule has 0 aromatic heterocycles. The predicted octanol–water partition coefficient (Wildman–Crippen LogP) is 6.11. The fourth-order valence-corrected chi connectivity index (χ4v) is 9.79. The first kappa shape index (κ1) is 47.5. The molecule has 2 N–H and O–H groups in total. The van der Waals surface area contributed by atoms with Crippen LogP contribution < -0.4 is 0 Å². The third-order valence-corrected chi connectivity index (χ3v) is 13.7. The first-order valence-corrected chi connectivity index (χ1v) is 21.7. The number of Topliss-reactive ketones (excluding diaryl/α,β-unsaturated/α-hetero) is 2. The molecule has 14 atom stereocenters. The van der Waals surface area contributed by atoms with E-state index >= 15 is 0 Å². The smallest absolute Gasteiger partial charge is 0.329 e. The van der Waals surface area contributed by atoms with Crippen molar-refractivity contribution in [1.82, 2.24) is 4.90 Å². The number of rotatable bonds is 7. The summed E-state index contributed by atoms with van der Waals surface area (Å²) in [5, 5.41) is 23.7. The van der Waals surface area contributed by atoms with Crippen molar-refractivity contribution in [2.75, 3.05) is 27.9 Å². The molecule has 0 radical (unpaired) electrons. The number of cyclic esters (lactones) is 1. The minimum Gasteiger partial charge on any atom is -0.456 e. The zero-order chi connectivity index (χ0) is 42.2. The first-order valence-electron chi connectivity index (χ1n) is 21.3. The second kappa shape index (κ2) is 21.4. The molecule has 12 nitrogen and oxygen atoms in total. The molecule has 3 heterocycles. The summed E-state index contributed by atoms with van der Waals surface area (Å²) >= 11 is 6.53. The van der Waals surface area contributed by atoms with Gasteiger partial charge in [0.05, 0.1) is 29.8 Å². The molecule has 1 saturated carbocycles. The number of esters is 1. The van der Waals surface area contributed by atoms with E-state index in [0.717, 1.165) is 18.4 Å². The monoisotopic (exact) mass is 823 g/mol. The Morgan fingerprint density at radius 2 is 1.61 bits per heavy atom. The van der Waals surface area contributed by atoms with Gasteiger partial charge in [-0.2, -0.15) is 0 Å². The van der Waals surface area contributed by atoms with Gasteiger partial charge in [0.2, 0.25) is 5.79 Å². The van der Waals surface area contributed by atoms with Crippen LogP contribution in [0.4, 0.5) is 0 Å². The van der Waals surface area contributed by atoms with E-state index < -0.39 is 77.8 Å². The number of carbonyl (C=O) groups is 4. The van der Waals surface area contributed by atoms with Crippen molar-refractivity contribution in [2.45, 2.75) is 172 Å². The van der Waals surface area contributed by atoms with Crippen molar-refractivity contribution in [3.63, 3.8) is 0 Å². The summed E-state index contributed by atoms with van der Waals surface area (Å²) in [4.78, 5) is 57.9. The average Bonchev–Trinajstić information content (AvgIpc) is 3.20. The van der Waals surface area contributed by atoms with E-state index in [9.17, 15) is 29.4 Å². The van der Waals surface area contributed by atoms with E-state index in [0.29, 0.717) is 50.5 Å². The number of allylic oxidation sites excluding steroid dienone is 3. The molecule has 0 spiro atoms. The van der Waals surface area contributed by atoms with Gasteiger partial charge >= 0.3 is 5.97 Å². The molecule has 0 unspecified atom stereocenters. The molecule has 0 aromatic rings. The van der Waals surface area contributed by atoms with E-state index in [1.807, 2.05) is 32.9 Å². The van der Waals surface area contributed by atoms with Crippen molar-refractivity contribution >= 4 is 35.0 Å². The van der Waals surface area contributed by atoms with Gasteiger partial charge in [0, 0.05) is 52.0 Å². The van der Waals surface area contributed by atoms with E-state index in [4.69, 9.17) is 35.3 Å². The lowest BCUT2D eigenvalue weighted by atomic mass is 9.81. The normalized spacial score (nSPS) is 41.1. The second-order valence-electron chi connectivity index (χ2n) is 17.3. The van der Waals surface area contributed by atoms with Crippen LogP contribution in [-0.2, 0) is 42.9 Å². The van der Waals surface area contributed by atoms with Crippen molar-refractivity contribution in [3.05, 3.63) is 23.3 Å². The van der Waals surface area contributed by atoms with Gasteiger partial charge in [-0.05, 0) is 95.0 Å². The molecule has 1 aliphatic carbocycles. The minimum absolute atomic E-state index is 0.0470. The summed E-state index contributed by atoms with van der Waals surface area (Å²) in [5.41, 5.74) is 1.80. The summed E-state index contributed by atoms with van der Waals surface area (Å²) in [5.74, 6) is -7.29. The lowest BCUT2D eigenvalue weighted by Crippen LogP contribution is -2.64. The van der Waals surface area contributed by atoms with Crippen molar-refractivity contribution in [1.29, 1.82) is 0 Å². The number of aliphatic hydroxyl groups is 2. The molecule has 324 valence electrons. The van der Waals surface area contributed by atoms with E-state index in [-0.39, 0.29) is 54.9 Å². The Balaban J connectivity index is 1.78. The molecule has 57 heavy (non-hydrogen) atoms. The highest BCUT2D eigenvalue weighted by molar-refractivity contribution is 6.39. The zero-order valence-electron chi connectivity index (χ0n) is 35.7. The lowest BCUT2D eigenvalue weighted by molar-refractivity contribution is -0.302. The fourth-order valence-electron chi connectivity index (χ4n) is 9.46. The van der Waals surface area contributed by atoms with Crippen LogP contribution in [0.5, 0.6) is 0 Å². The molecule has 3 aliphatic heterocycles. The molecule has 1 amide bonds. The fraction of sp³-hybridized carbons (Fsp3) is 0.818. The Kier molecular flexibility index (Phi) is 17.8. The van der Waals surface area contributed by atoms with Crippen LogP contribution in [0.2, 0.25) is 0 Å². The summed E-state index contributed by atoms with van der Waals surface area (Å²) in [6.45, 7) is 11.5. The van der Waals surface area contributed by atoms with Crippen molar-refractivity contribution < 1.29 is 53.1 Å². The van der Waals surface area contributed by atoms with Gasteiger partial charge < -0.3 is 38.8 Å². The Morgan fingerprint density at radius 1 is 0.947 bits per heavy atom. The predicted molar refractivity (Wildman–Crippen MR) is 216 cm³/mol. The number of methoxy groups -OCH3 is 3. The number of fused-ring (bicyclic) bond motifs is 3. The van der Waals surface area contributed by atoms with E-state index in [2.05, 4.69) is 6.92 Å². The van der Waals surface area contributed by atoms with Gasteiger partial charge in [-0.15, -0.1) is 11.6 Å². The zero-order valence-corrected chi connectivity index (χ0v) is 36.5. The molecule has 4 aliphatic rings. The highest BCUT2D eigenvalue weighted by Gasteiger charge is 2.56. The van der Waals surface area contributed by atoms with Crippen LogP contribution in [0, 0.1) is 29.6 Å². The van der Waals surface area contributed by atoms with Gasteiger partial charge in [-0.3, -0.25) is 14.4 Å². The second-order valence-corrected chi connectivity index (χ2v) is 17.8. The topological polar surface area (TPSA) is 158 Å². The molecular weight excluding hydrogens is 754 g/mol. The Morgan fingerprint density at radius 3 is 2.25 bits per heavy atom. The number of piperidine rings is 1. The maximum absolute atomic E-state index is 14.3. The van der Waals surface area contributed by atoms with Crippen LogP contribution in [0.15, 0.2) is 23.3 Å². The van der Waals surface area contributed by atoms with Gasteiger partial charge in [-0.25, -0.2) is 4.79 Å². The van der Waals surface area contributed by atoms with Crippen LogP contribution in [0.1, 0.15) is 119 Å². The van der Waals surface area contributed by atoms with Crippen LogP contribution in [-0.4, -0.2) is 120 Å². The number of carbonyl (C=O) groups excluding carboxylic acids is 4. The summed E-state index contributed by atoms with van der Waals surface area (Å²) < 4.78 is 30.0. The highest BCUT2D eigenvalue weighted by Crippen LogP contribution is 2.39. The van der Waals surface area contributed by atoms with Crippen LogP contribution >= 0.6 is 11.6 Å². The number of alkyl halides is 1. The Hall–Kier alpha value is -2.19. The molecule has 2 saturated heterocycles. The Labute approximate surface area is 345 Å². The first-order chi connectivity index (χ1) is 27.0. The molecule has 0 aromatic carbocycles. The van der Waals surface area contributed by atoms with Gasteiger partial charge in [-0.1, -0.05) is 52.3 Å². The van der Waals surface area contributed by atoms with Gasteiger partial charge in [0.1, 0.15) is 24.0 Å². The van der Waals surface area contributed by atoms with E-state index in [1.165, 1.54) is 4.90 Å². The van der Waals surface area contributed by atoms with E-state index in [1.54, 1.807) is 35.2 Å². The van der Waals surface area contributed by atoms with Crippen LogP contribution in [0.25, 0.3) is 0 Å². The van der Waals surface area contributed by atoms with Crippen LogP contribution in [0.3, 0.4) is 0 Å². The third kappa shape index (κ3) is 11.3. The molecule has 13 heteroatoms. The van der Waals surface area contributed by atoms with Gasteiger partial charge in [0.25, 0.3) is 11.7 Å². The molecule has 3 fully saturated rings. The third-order valence-electron chi connectivity index (χ3n) is 13.2. The number of halogens is 1. The maximum atomic E-state index is 14.3. The number of ketones is 2. The highest BCUT2D eigenvalue weighted by atomic mass is 35.5. The summed E-state index contributed by atoms with van der Waals surface area (Å²) in [7, 11) is 4.73. The molecule has 4 rings (SSSR count). The summed E-state index contributed by atoms with van der Waals surface area (Å²) in [6, 6.07) is -1.12. The number of hydrogen-bond acceptors (Lipinski definition) is 11. The lowest BCUT2D eigenvalue weighted by Gasteiger charge is -2.47. The maximum Gasteiger partial charge on any atom is 0.329 e. The Bertz CT molecular complexity index is 1450.